The van der Waals surface area contributed by atoms with Gasteiger partial charge in [0.15, 0.2) is 0 Å². The number of nitrogens with zero attached hydrogens (tertiary/aromatic N) is 3. The van der Waals surface area contributed by atoms with Crippen LogP contribution in [-0.2, 0) is 4.79 Å². The van der Waals surface area contributed by atoms with Crippen LogP contribution in [0.15, 0.2) is 17.5 Å². The molecule has 146 valence electrons. The maximum absolute atomic E-state index is 12.7. The molecule has 1 amide bonds. The second kappa shape index (κ2) is 10.0. The van der Waals surface area contributed by atoms with Gasteiger partial charge in [-0.05, 0) is 63.8 Å². The Hall–Kier alpha value is -1.44. The van der Waals surface area contributed by atoms with E-state index in [2.05, 4.69) is 30.9 Å². The third kappa shape index (κ3) is 6.37. The third-order valence-electron chi connectivity index (χ3n) is 5.16. The van der Waals surface area contributed by atoms with E-state index in [1.54, 1.807) is 0 Å². The van der Waals surface area contributed by atoms with Crippen LogP contribution in [0.2, 0.25) is 0 Å². The van der Waals surface area contributed by atoms with Crippen molar-refractivity contribution < 1.29 is 14.7 Å². The Labute approximate surface area is 160 Å². The number of amides is 1. The Balaban J connectivity index is 1.94. The highest BCUT2D eigenvalue weighted by Crippen LogP contribution is 2.30. The minimum Gasteiger partial charge on any atom is -0.481 e. The molecule has 2 unspecified atom stereocenters. The zero-order valence-electron chi connectivity index (χ0n) is 16.1. The maximum atomic E-state index is 12.7. The van der Waals surface area contributed by atoms with Crippen molar-refractivity contribution in [3.05, 3.63) is 22.4 Å². The van der Waals surface area contributed by atoms with Gasteiger partial charge in [0.1, 0.15) is 0 Å². The predicted octanol–water partition coefficient (Wildman–Crippen LogP) is 2.18. The first-order chi connectivity index (χ1) is 12.4. The molecular weight excluding hydrogens is 350 g/mol. The number of thiophene rings is 1. The van der Waals surface area contributed by atoms with Crippen LogP contribution in [0.1, 0.15) is 28.9 Å². The summed E-state index contributed by atoms with van der Waals surface area (Å²) < 4.78 is 0. The molecule has 0 aromatic carbocycles. The van der Waals surface area contributed by atoms with Gasteiger partial charge in [-0.2, -0.15) is 0 Å². The second-order valence-electron chi connectivity index (χ2n) is 7.53. The van der Waals surface area contributed by atoms with E-state index in [1.807, 2.05) is 22.4 Å². The minimum atomic E-state index is -0.737. The van der Waals surface area contributed by atoms with E-state index in [1.165, 1.54) is 11.3 Å². The molecule has 1 aromatic heterocycles. The van der Waals surface area contributed by atoms with Crippen molar-refractivity contribution in [3.63, 3.8) is 0 Å². The van der Waals surface area contributed by atoms with Gasteiger partial charge in [0.25, 0.3) is 5.91 Å². The number of carboxylic acids is 1. The lowest BCUT2D eigenvalue weighted by atomic mass is 9.81. The number of aliphatic carboxylic acids is 1. The zero-order chi connectivity index (χ0) is 19.1. The molecule has 2 rings (SSSR count). The lowest BCUT2D eigenvalue weighted by Gasteiger charge is -2.38. The molecule has 7 heteroatoms. The predicted molar refractivity (Wildman–Crippen MR) is 105 cm³/mol. The Kier molecular flexibility index (Phi) is 8.06. The van der Waals surface area contributed by atoms with Crippen LogP contribution in [0.3, 0.4) is 0 Å². The number of carbonyl (C=O) groups excluding carboxylic acids is 1. The molecule has 1 aliphatic rings. The maximum Gasteiger partial charge on any atom is 0.303 e. The summed E-state index contributed by atoms with van der Waals surface area (Å²) in [7, 11) is 6.23. The summed E-state index contributed by atoms with van der Waals surface area (Å²) in [5, 5.41) is 11.2. The number of hydrogen-bond donors (Lipinski definition) is 1. The van der Waals surface area contributed by atoms with Crippen molar-refractivity contribution in [1.29, 1.82) is 0 Å². The van der Waals surface area contributed by atoms with E-state index in [0.717, 1.165) is 37.4 Å². The van der Waals surface area contributed by atoms with Gasteiger partial charge in [0.2, 0.25) is 0 Å². The number of piperidine rings is 1. The number of likely N-dealkylation sites (tertiary alicyclic amines) is 1. The zero-order valence-corrected chi connectivity index (χ0v) is 16.9. The van der Waals surface area contributed by atoms with Crippen LogP contribution >= 0.6 is 11.3 Å². The minimum absolute atomic E-state index is 0.0831. The molecule has 0 spiro atoms. The van der Waals surface area contributed by atoms with Gasteiger partial charge in [0.05, 0.1) is 4.88 Å². The van der Waals surface area contributed by atoms with Crippen LogP contribution in [0, 0.1) is 11.8 Å². The van der Waals surface area contributed by atoms with Gasteiger partial charge in [-0.15, -0.1) is 11.3 Å². The first kappa shape index (κ1) is 20.9. The summed E-state index contributed by atoms with van der Waals surface area (Å²) in [6.07, 6.45) is 1.90. The molecule has 2 heterocycles. The molecule has 0 bridgehead atoms. The molecule has 1 N–H and O–H groups in total. The Morgan fingerprint density at radius 1 is 1.23 bits per heavy atom. The molecule has 1 fully saturated rings. The summed E-state index contributed by atoms with van der Waals surface area (Å²) in [6.45, 7) is 4.23. The summed E-state index contributed by atoms with van der Waals surface area (Å²) >= 11 is 1.47. The van der Waals surface area contributed by atoms with Crippen molar-refractivity contribution in [2.45, 2.75) is 19.3 Å². The standard InChI is InChI=1S/C19H31N3O3S/c1-20(2)10-11-21(3)8-6-16-14-22(9-7-15(16)13-18(23)24)19(25)17-5-4-12-26-17/h4-5,12,15-16H,6-11,13-14H2,1-3H3,(H,23,24). The first-order valence-electron chi connectivity index (χ1n) is 9.24. The van der Waals surface area contributed by atoms with Crippen LogP contribution in [0.25, 0.3) is 0 Å². The van der Waals surface area contributed by atoms with Crippen molar-refractivity contribution in [1.82, 2.24) is 14.7 Å². The van der Waals surface area contributed by atoms with E-state index in [-0.39, 0.29) is 24.2 Å². The van der Waals surface area contributed by atoms with Crippen LogP contribution in [0.4, 0.5) is 0 Å². The fourth-order valence-electron chi connectivity index (χ4n) is 3.51. The van der Waals surface area contributed by atoms with Crippen LogP contribution in [0.5, 0.6) is 0 Å². The average molecular weight is 382 g/mol. The normalized spacial score (nSPS) is 20.7. The highest BCUT2D eigenvalue weighted by atomic mass is 32.1. The second-order valence-corrected chi connectivity index (χ2v) is 8.48. The Bertz CT molecular complexity index is 577. The molecule has 2 atom stereocenters. The largest absolute Gasteiger partial charge is 0.481 e. The van der Waals surface area contributed by atoms with Crippen LogP contribution < -0.4 is 0 Å². The smallest absolute Gasteiger partial charge is 0.303 e. The van der Waals surface area contributed by atoms with E-state index in [4.69, 9.17) is 0 Å². The number of carboxylic acid groups (broad SMARTS) is 1. The third-order valence-corrected chi connectivity index (χ3v) is 6.02. The van der Waals surface area contributed by atoms with Crippen molar-refractivity contribution in [2.24, 2.45) is 11.8 Å². The van der Waals surface area contributed by atoms with Gasteiger partial charge in [-0.1, -0.05) is 6.07 Å². The van der Waals surface area contributed by atoms with Crippen molar-refractivity contribution in [3.8, 4) is 0 Å². The summed E-state index contributed by atoms with van der Waals surface area (Å²) in [6, 6.07) is 3.76. The molecule has 0 saturated carbocycles. The molecular formula is C19H31N3O3S. The number of likely N-dealkylation sites (N-methyl/N-ethyl adjacent to an activating group) is 2. The van der Waals surface area contributed by atoms with E-state index < -0.39 is 5.97 Å². The topological polar surface area (TPSA) is 64.1 Å². The summed E-state index contributed by atoms with van der Waals surface area (Å²) in [4.78, 5) is 31.0. The molecule has 26 heavy (non-hydrogen) atoms. The van der Waals surface area contributed by atoms with Gasteiger partial charge < -0.3 is 19.8 Å². The molecule has 1 aromatic rings. The van der Waals surface area contributed by atoms with Crippen LogP contribution in [-0.4, -0.2) is 85.5 Å². The Morgan fingerprint density at radius 3 is 2.62 bits per heavy atom. The highest BCUT2D eigenvalue weighted by Gasteiger charge is 2.33. The highest BCUT2D eigenvalue weighted by molar-refractivity contribution is 7.12. The summed E-state index contributed by atoms with van der Waals surface area (Å²) in [5.41, 5.74) is 0. The lowest BCUT2D eigenvalue weighted by Crippen LogP contribution is -2.45. The Morgan fingerprint density at radius 2 is 2.00 bits per heavy atom. The fraction of sp³-hybridized carbons (Fsp3) is 0.684. The number of hydrogen-bond acceptors (Lipinski definition) is 5. The van der Waals surface area contributed by atoms with Gasteiger partial charge in [0, 0.05) is 32.6 Å². The van der Waals surface area contributed by atoms with Gasteiger partial charge in [-0.3, -0.25) is 9.59 Å². The SMILES string of the molecule is CN(C)CCN(C)CCC1CN(C(=O)c2cccs2)CCC1CC(=O)O. The molecule has 1 saturated heterocycles. The van der Waals surface area contributed by atoms with Crippen molar-refractivity contribution >= 4 is 23.2 Å². The lowest BCUT2D eigenvalue weighted by molar-refractivity contribution is -0.139. The number of rotatable bonds is 9. The number of carbonyl (C=O) groups is 2. The first-order valence-corrected chi connectivity index (χ1v) is 10.1. The molecule has 0 aliphatic carbocycles. The van der Waals surface area contributed by atoms with E-state index in [9.17, 15) is 14.7 Å². The fourth-order valence-corrected chi connectivity index (χ4v) is 4.20. The van der Waals surface area contributed by atoms with Crippen molar-refractivity contribution in [2.75, 3.05) is 53.9 Å². The molecule has 1 aliphatic heterocycles. The monoisotopic (exact) mass is 381 g/mol. The van der Waals surface area contributed by atoms with E-state index >= 15 is 0 Å². The average Bonchev–Trinajstić information content (AvgIpc) is 3.12. The van der Waals surface area contributed by atoms with E-state index in [0.29, 0.717) is 13.1 Å². The van der Waals surface area contributed by atoms with Gasteiger partial charge >= 0.3 is 5.97 Å². The molecule has 0 radical (unpaired) electrons. The summed E-state index contributed by atoms with van der Waals surface area (Å²) in [5.74, 6) is -0.258. The molecule has 6 nitrogen and oxygen atoms in total. The quantitative estimate of drug-likeness (QED) is 0.710. The van der Waals surface area contributed by atoms with Gasteiger partial charge in [-0.25, -0.2) is 0 Å².